The normalized spacial score (nSPS) is 12.5. The number of rotatable bonds is 19. The maximum Gasteiger partial charge on any atom is 0.306 e. The Balaban J connectivity index is 0.971. The van der Waals surface area contributed by atoms with Gasteiger partial charge >= 0.3 is 23.9 Å². The first-order valence-electron chi connectivity index (χ1n) is 20.3. The Kier molecular flexibility index (Phi) is 12.4. The Bertz CT molecular complexity index is 2570. The van der Waals surface area contributed by atoms with Crippen LogP contribution in [0.5, 0.6) is 0 Å². The van der Waals surface area contributed by atoms with Gasteiger partial charge in [0.05, 0.1) is 0 Å². The molecule has 0 bridgehead atoms. The van der Waals surface area contributed by atoms with Crippen LogP contribution in [-0.2, 0) is 63.8 Å². The first kappa shape index (κ1) is 39.7. The highest BCUT2D eigenvalue weighted by Crippen LogP contribution is 2.24. The van der Waals surface area contributed by atoms with Crippen molar-refractivity contribution in [3.8, 4) is 0 Å². The number of carbonyl (C=O) groups excluding carboxylic acids is 4. The number of aromatic amines is 4. The van der Waals surface area contributed by atoms with Crippen molar-refractivity contribution >= 4 is 67.5 Å². The van der Waals surface area contributed by atoms with Crippen molar-refractivity contribution in [1.29, 1.82) is 0 Å². The zero-order chi connectivity index (χ0) is 41.3. The van der Waals surface area contributed by atoms with E-state index in [-0.39, 0.29) is 25.7 Å². The molecule has 0 amide bonds. The molecule has 60 heavy (non-hydrogen) atoms. The van der Waals surface area contributed by atoms with Crippen molar-refractivity contribution in [2.45, 2.75) is 63.6 Å². The quantitative estimate of drug-likeness (QED) is 0.0467. The summed E-state index contributed by atoms with van der Waals surface area (Å²) in [7, 11) is 0. The van der Waals surface area contributed by atoms with Gasteiger partial charge in [-0.25, -0.2) is 0 Å². The summed E-state index contributed by atoms with van der Waals surface area (Å²) in [6.07, 6.45) is 6.61. The van der Waals surface area contributed by atoms with E-state index in [2.05, 4.69) is 19.9 Å². The van der Waals surface area contributed by atoms with Crippen LogP contribution >= 0.6 is 0 Å². The predicted molar refractivity (Wildman–Crippen MR) is 228 cm³/mol. The van der Waals surface area contributed by atoms with E-state index < -0.39 is 49.3 Å². The molecule has 4 heterocycles. The van der Waals surface area contributed by atoms with Gasteiger partial charge in [0.1, 0.15) is 13.2 Å². The standard InChI is InChI=1S/C48H46N4O8/c53-45(21-17-31-25-49-39-13-5-1-9-35(31)39)57-29-43(59-47(55)23-19-33-27-51-41-15-7-3-11-37(33)41)44(60-48(56)24-20-34-28-52-42-16-8-4-12-38(34)42)30-58-46(54)22-18-32-26-50-40-14-6-2-10-36(32)40/h1-16,25-28,43-44,49-52H,17-24,29-30H2. The van der Waals surface area contributed by atoms with Gasteiger partial charge in [-0.3, -0.25) is 19.2 Å². The maximum absolute atomic E-state index is 13.6. The van der Waals surface area contributed by atoms with E-state index in [0.29, 0.717) is 25.7 Å². The van der Waals surface area contributed by atoms with Crippen molar-refractivity contribution in [3.05, 3.63) is 144 Å². The molecule has 306 valence electrons. The summed E-state index contributed by atoms with van der Waals surface area (Å²) in [4.78, 5) is 66.5. The zero-order valence-electron chi connectivity index (χ0n) is 33.0. The molecule has 2 unspecified atom stereocenters. The third-order valence-electron chi connectivity index (χ3n) is 10.9. The van der Waals surface area contributed by atoms with Crippen LogP contribution in [0.15, 0.2) is 122 Å². The number of ether oxygens (including phenoxy) is 4. The molecule has 8 rings (SSSR count). The van der Waals surface area contributed by atoms with Crippen LogP contribution in [0.4, 0.5) is 0 Å². The highest BCUT2D eigenvalue weighted by molar-refractivity contribution is 5.86. The third kappa shape index (κ3) is 9.61. The molecule has 4 aromatic heterocycles. The van der Waals surface area contributed by atoms with E-state index in [0.717, 1.165) is 65.9 Å². The summed E-state index contributed by atoms with van der Waals surface area (Å²) in [6.45, 7) is -0.836. The van der Waals surface area contributed by atoms with E-state index in [1.807, 2.05) is 122 Å². The average Bonchev–Trinajstić information content (AvgIpc) is 4.09. The Labute approximate surface area is 345 Å². The minimum atomic E-state index is -1.27. The summed E-state index contributed by atoms with van der Waals surface area (Å²) < 4.78 is 23.4. The molecule has 0 fully saturated rings. The Hall–Kier alpha value is -7.08. The molecule has 0 radical (unpaired) electrons. The minimum absolute atomic E-state index is 0.00149. The molecule has 0 saturated heterocycles. The van der Waals surface area contributed by atoms with Crippen LogP contribution in [0.3, 0.4) is 0 Å². The molecule has 12 heteroatoms. The highest BCUT2D eigenvalue weighted by Gasteiger charge is 2.32. The number of aromatic nitrogens is 4. The number of esters is 4. The minimum Gasteiger partial charge on any atom is -0.462 e. The summed E-state index contributed by atoms with van der Waals surface area (Å²) in [6, 6.07) is 31.2. The number of fused-ring (bicyclic) bond motifs is 4. The Morgan fingerprint density at radius 2 is 0.650 bits per heavy atom. The van der Waals surface area contributed by atoms with Crippen molar-refractivity contribution in [2.75, 3.05) is 13.2 Å². The topological polar surface area (TPSA) is 168 Å². The summed E-state index contributed by atoms with van der Waals surface area (Å²) in [5.41, 5.74) is 7.62. The second-order valence-corrected chi connectivity index (χ2v) is 14.9. The lowest BCUT2D eigenvalue weighted by atomic mass is 10.1. The van der Waals surface area contributed by atoms with Gasteiger partial charge in [0, 0.05) is 94.1 Å². The van der Waals surface area contributed by atoms with Crippen LogP contribution in [0, 0.1) is 0 Å². The zero-order valence-corrected chi connectivity index (χ0v) is 33.0. The fourth-order valence-corrected chi connectivity index (χ4v) is 7.69. The predicted octanol–water partition coefficient (Wildman–Crippen LogP) is 8.35. The molecule has 4 N–H and O–H groups in total. The van der Waals surface area contributed by atoms with Crippen molar-refractivity contribution in [3.63, 3.8) is 0 Å². The van der Waals surface area contributed by atoms with Gasteiger partial charge in [-0.1, -0.05) is 72.8 Å². The van der Waals surface area contributed by atoms with Crippen molar-refractivity contribution in [1.82, 2.24) is 19.9 Å². The van der Waals surface area contributed by atoms with Crippen LogP contribution in [0.2, 0.25) is 0 Å². The van der Waals surface area contributed by atoms with E-state index in [4.69, 9.17) is 18.9 Å². The summed E-state index contributed by atoms with van der Waals surface area (Å²) in [5.74, 6) is -2.24. The Morgan fingerprint density at radius 1 is 0.383 bits per heavy atom. The molecule has 0 aliphatic carbocycles. The fraction of sp³-hybridized carbons (Fsp3) is 0.250. The van der Waals surface area contributed by atoms with Gasteiger partial charge in [-0.05, 0) is 72.2 Å². The first-order chi connectivity index (χ1) is 29.4. The number of hydrogen-bond donors (Lipinski definition) is 4. The molecular weight excluding hydrogens is 761 g/mol. The van der Waals surface area contributed by atoms with Crippen LogP contribution in [0.1, 0.15) is 47.9 Å². The molecule has 0 saturated carbocycles. The van der Waals surface area contributed by atoms with Gasteiger partial charge in [-0.2, -0.15) is 0 Å². The highest BCUT2D eigenvalue weighted by atomic mass is 16.6. The smallest absolute Gasteiger partial charge is 0.306 e. The van der Waals surface area contributed by atoms with Crippen LogP contribution in [-0.4, -0.2) is 69.2 Å². The van der Waals surface area contributed by atoms with Crippen molar-refractivity contribution < 1.29 is 38.1 Å². The fourth-order valence-electron chi connectivity index (χ4n) is 7.69. The SMILES string of the molecule is O=C(CCc1c[nH]c2ccccc12)OCC(OC(=O)CCc1c[nH]c2ccccc12)C(COC(=O)CCc1c[nH]c2ccccc12)OC(=O)CCc1c[nH]c2ccccc12. The molecule has 2 atom stereocenters. The second-order valence-electron chi connectivity index (χ2n) is 14.9. The molecule has 4 aromatic carbocycles. The molecule has 12 nitrogen and oxygen atoms in total. The van der Waals surface area contributed by atoms with Gasteiger partial charge in [-0.15, -0.1) is 0 Å². The molecule has 0 aliphatic heterocycles. The first-order valence-corrected chi connectivity index (χ1v) is 20.3. The largest absolute Gasteiger partial charge is 0.462 e. The molecular formula is C48H46N4O8. The van der Waals surface area contributed by atoms with Gasteiger partial charge in [0.25, 0.3) is 0 Å². The van der Waals surface area contributed by atoms with E-state index >= 15 is 0 Å². The van der Waals surface area contributed by atoms with Gasteiger partial charge in [0.2, 0.25) is 0 Å². The lowest BCUT2D eigenvalue weighted by Crippen LogP contribution is -2.42. The lowest BCUT2D eigenvalue weighted by molar-refractivity contribution is -0.182. The van der Waals surface area contributed by atoms with E-state index in [9.17, 15) is 19.2 Å². The number of H-pyrrole nitrogens is 4. The van der Waals surface area contributed by atoms with E-state index in [1.165, 1.54) is 0 Å². The average molecular weight is 807 g/mol. The van der Waals surface area contributed by atoms with E-state index in [1.54, 1.807) is 0 Å². The molecule has 8 aromatic rings. The number of hydrogen-bond acceptors (Lipinski definition) is 8. The summed E-state index contributed by atoms with van der Waals surface area (Å²) >= 11 is 0. The number of aryl methyl sites for hydroxylation is 4. The monoisotopic (exact) mass is 806 g/mol. The van der Waals surface area contributed by atoms with Gasteiger partial charge < -0.3 is 38.9 Å². The Morgan fingerprint density at radius 3 is 0.950 bits per heavy atom. The molecule has 0 spiro atoms. The molecule has 0 aliphatic rings. The van der Waals surface area contributed by atoms with Gasteiger partial charge in [0.15, 0.2) is 12.2 Å². The maximum atomic E-state index is 13.6. The number of carbonyl (C=O) groups is 4. The lowest BCUT2D eigenvalue weighted by Gasteiger charge is -2.26. The number of para-hydroxylation sites is 4. The second kappa shape index (κ2) is 18.7. The third-order valence-corrected chi connectivity index (χ3v) is 10.9. The number of benzene rings is 4. The van der Waals surface area contributed by atoms with Crippen LogP contribution in [0.25, 0.3) is 43.6 Å². The van der Waals surface area contributed by atoms with Crippen molar-refractivity contribution in [2.24, 2.45) is 0 Å². The summed E-state index contributed by atoms with van der Waals surface area (Å²) in [5, 5.41) is 4.01. The number of nitrogens with one attached hydrogen (secondary N) is 4. The van der Waals surface area contributed by atoms with Crippen LogP contribution < -0.4 is 0 Å².